The molecule has 0 bridgehead atoms. The molecule has 0 fully saturated rings. The fourth-order valence-corrected chi connectivity index (χ4v) is 4.17. The molecule has 0 aliphatic carbocycles. The third kappa shape index (κ3) is 4.79. The number of aromatic nitrogens is 1. The summed E-state index contributed by atoms with van der Waals surface area (Å²) in [6.07, 6.45) is -0.326. The molecule has 5 heteroatoms. The van der Waals surface area contributed by atoms with Crippen LogP contribution in [0.15, 0.2) is 59.4 Å². The number of benzene rings is 2. The highest BCUT2D eigenvalue weighted by Gasteiger charge is 2.38. The fraction of sp³-hybridized carbons (Fsp3) is 0.333. The topological polar surface area (TPSA) is 51.3 Å². The van der Waals surface area contributed by atoms with Gasteiger partial charge in [-0.2, -0.15) is 0 Å². The van der Waals surface area contributed by atoms with Gasteiger partial charge in [-0.25, -0.2) is 0 Å². The smallest absolute Gasteiger partial charge is 0.248 e. The van der Waals surface area contributed by atoms with Crippen molar-refractivity contribution in [2.75, 3.05) is 0 Å². The van der Waals surface area contributed by atoms with Crippen LogP contribution >= 0.6 is 0 Å². The summed E-state index contributed by atoms with van der Waals surface area (Å²) < 4.78 is 12.5. The van der Waals surface area contributed by atoms with E-state index in [0.29, 0.717) is 17.9 Å². The number of hydrogen-bond acceptors (Lipinski definition) is 3. The number of pyridine rings is 1. The maximum absolute atomic E-state index is 12.0. The van der Waals surface area contributed by atoms with Crippen LogP contribution in [0.2, 0.25) is 18.1 Å². The molecule has 0 saturated heterocycles. The van der Waals surface area contributed by atoms with Crippen molar-refractivity contribution in [3.63, 3.8) is 0 Å². The monoisotopic (exact) mass is 408 g/mol. The largest absolute Gasteiger partial charge is 0.487 e. The zero-order chi connectivity index (χ0) is 21.2. The predicted octanol–water partition coefficient (Wildman–Crippen LogP) is 6.00. The second-order valence-corrected chi connectivity index (χ2v) is 13.7. The Morgan fingerprint density at radius 1 is 1.03 bits per heavy atom. The lowest BCUT2D eigenvalue weighted by atomic mass is 10.0. The Hall–Kier alpha value is -2.37. The Morgan fingerprint density at radius 2 is 1.72 bits per heavy atom. The molecule has 3 rings (SSSR count). The molecule has 0 aliphatic heterocycles. The van der Waals surface area contributed by atoms with Crippen molar-refractivity contribution in [2.45, 2.75) is 51.6 Å². The first-order valence-corrected chi connectivity index (χ1v) is 12.8. The van der Waals surface area contributed by atoms with Crippen molar-refractivity contribution >= 4 is 19.2 Å². The van der Waals surface area contributed by atoms with Gasteiger partial charge in [-0.1, -0.05) is 57.2 Å². The summed E-state index contributed by atoms with van der Waals surface area (Å²) in [5.41, 5.74) is 2.54. The van der Waals surface area contributed by atoms with Crippen LogP contribution in [0.4, 0.5) is 0 Å². The van der Waals surface area contributed by atoms with Gasteiger partial charge in [0.05, 0.1) is 11.6 Å². The minimum absolute atomic E-state index is 0.0891. The summed E-state index contributed by atoms with van der Waals surface area (Å²) in [7, 11) is -1.99. The van der Waals surface area contributed by atoms with Gasteiger partial charge in [0.2, 0.25) is 5.56 Å². The fourth-order valence-electron chi connectivity index (χ4n) is 2.98. The van der Waals surface area contributed by atoms with Crippen LogP contribution in [-0.4, -0.2) is 13.3 Å². The van der Waals surface area contributed by atoms with E-state index in [-0.39, 0.29) is 16.7 Å². The first-order valence-electron chi connectivity index (χ1n) is 9.92. The van der Waals surface area contributed by atoms with Crippen LogP contribution in [0.5, 0.6) is 5.75 Å². The maximum Gasteiger partial charge on any atom is 0.248 e. The highest BCUT2D eigenvalue weighted by molar-refractivity contribution is 6.74. The molecule has 1 unspecified atom stereocenters. The van der Waals surface area contributed by atoms with Crippen LogP contribution < -0.4 is 10.3 Å². The zero-order valence-corrected chi connectivity index (χ0v) is 18.9. The van der Waals surface area contributed by atoms with E-state index in [1.807, 2.05) is 48.5 Å². The summed E-state index contributed by atoms with van der Waals surface area (Å²) in [6.45, 7) is 15.8. The number of aromatic amines is 1. The van der Waals surface area contributed by atoms with Crippen molar-refractivity contribution in [3.8, 4) is 5.75 Å². The van der Waals surface area contributed by atoms with Gasteiger partial charge >= 0.3 is 0 Å². The summed E-state index contributed by atoms with van der Waals surface area (Å²) in [4.78, 5) is 14.9. The molecule has 1 heterocycles. The van der Waals surface area contributed by atoms with Crippen LogP contribution in [0, 0.1) is 6.92 Å². The third-order valence-electron chi connectivity index (χ3n) is 5.72. The number of hydrogen-bond donors (Lipinski definition) is 1. The van der Waals surface area contributed by atoms with Crippen LogP contribution in [0.25, 0.3) is 10.9 Å². The van der Waals surface area contributed by atoms with Gasteiger partial charge in [0.15, 0.2) is 8.32 Å². The number of ether oxygens (including phenoxy) is 1. The second-order valence-electron chi connectivity index (χ2n) is 8.91. The number of fused-ring (bicyclic) bond motifs is 1. The molecule has 153 valence electrons. The Morgan fingerprint density at radius 3 is 2.38 bits per heavy atom. The van der Waals surface area contributed by atoms with E-state index in [1.165, 1.54) is 6.07 Å². The lowest BCUT2D eigenvalue weighted by Gasteiger charge is -2.38. The normalized spacial score (nSPS) is 13.4. The Labute approximate surface area is 174 Å². The van der Waals surface area contributed by atoms with Gasteiger partial charge in [0.25, 0.3) is 0 Å². The number of rotatable bonds is 6. The van der Waals surface area contributed by atoms with E-state index in [4.69, 9.17) is 9.16 Å². The third-order valence-corrected chi connectivity index (χ3v) is 10.2. The van der Waals surface area contributed by atoms with Gasteiger partial charge in [-0.05, 0) is 48.3 Å². The summed E-state index contributed by atoms with van der Waals surface area (Å²) in [5, 5.41) is 0.986. The maximum atomic E-state index is 12.0. The summed E-state index contributed by atoms with van der Waals surface area (Å²) >= 11 is 0. The zero-order valence-electron chi connectivity index (χ0n) is 17.9. The van der Waals surface area contributed by atoms with E-state index in [9.17, 15) is 4.79 Å². The Bertz CT molecular complexity index is 1040. The first-order chi connectivity index (χ1) is 13.6. The highest BCUT2D eigenvalue weighted by atomic mass is 28.4. The Balaban J connectivity index is 1.95. The van der Waals surface area contributed by atoms with E-state index >= 15 is 0 Å². The van der Waals surface area contributed by atoms with Crippen molar-refractivity contribution < 1.29 is 9.16 Å². The molecule has 0 spiro atoms. The molecule has 2 aromatic carbocycles. The molecule has 4 nitrogen and oxygen atoms in total. The highest BCUT2D eigenvalue weighted by Crippen LogP contribution is 2.41. The first kappa shape index (κ1) is 21.3. The van der Waals surface area contributed by atoms with E-state index in [0.717, 1.165) is 16.5 Å². The molecule has 1 aromatic heterocycles. The predicted molar refractivity (Wildman–Crippen MR) is 122 cm³/mol. The molecule has 3 aromatic rings. The lowest BCUT2D eigenvalue weighted by molar-refractivity contribution is 0.228. The van der Waals surface area contributed by atoms with Gasteiger partial charge < -0.3 is 14.1 Å². The van der Waals surface area contributed by atoms with Crippen molar-refractivity contribution in [2.24, 2.45) is 0 Å². The minimum atomic E-state index is -1.99. The number of H-pyrrole nitrogens is 1. The van der Waals surface area contributed by atoms with Crippen LogP contribution in [0.3, 0.4) is 0 Å². The van der Waals surface area contributed by atoms with Gasteiger partial charge in [0, 0.05) is 11.5 Å². The van der Waals surface area contributed by atoms with Gasteiger partial charge in [-0.3, -0.25) is 4.79 Å². The second kappa shape index (κ2) is 8.17. The Kier molecular flexibility index (Phi) is 6.01. The molecule has 1 atom stereocenters. The van der Waals surface area contributed by atoms with E-state index in [2.05, 4.69) is 45.8 Å². The van der Waals surface area contributed by atoms with Crippen LogP contribution in [0.1, 0.15) is 38.0 Å². The SMILES string of the molecule is [CH2]C(O[Si](C)(C)C(C)(C)C)c1ccc(OCc2ccccc2)c2[nH]c(=O)ccc12. The van der Waals surface area contributed by atoms with Crippen molar-refractivity contribution in [1.29, 1.82) is 0 Å². The molecule has 0 saturated carbocycles. The molecule has 1 radical (unpaired) electrons. The molecule has 0 aliphatic rings. The van der Waals surface area contributed by atoms with E-state index < -0.39 is 8.32 Å². The quantitative estimate of drug-likeness (QED) is 0.509. The molecule has 1 N–H and O–H groups in total. The van der Waals surface area contributed by atoms with Gasteiger partial charge in [-0.15, -0.1) is 0 Å². The summed E-state index contributed by atoms with van der Waals surface area (Å²) in [5.74, 6) is 0.643. The number of nitrogens with one attached hydrogen (secondary N) is 1. The summed E-state index contributed by atoms with van der Waals surface area (Å²) in [6, 6.07) is 17.2. The molecular weight excluding hydrogens is 378 g/mol. The standard InChI is InChI=1S/C24H30NO3Si/c1-17(28-29(5,6)24(2,3)4)19-12-14-21(23-20(19)13-15-22(26)25-23)27-16-18-10-8-7-9-11-18/h7-15,17H,1,16H2,2-6H3,(H,25,26). The molecule has 29 heavy (non-hydrogen) atoms. The van der Waals surface area contributed by atoms with Crippen molar-refractivity contribution in [1.82, 2.24) is 4.98 Å². The van der Waals surface area contributed by atoms with Crippen LogP contribution in [-0.2, 0) is 11.0 Å². The van der Waals surface area contributed by atoms with Gasteiger partial charge in [0.1, 0.15) is 12.4 Å². The average Bonchev–Trinajstić information content (AvgIpc) is 2.65. The lowest BCUT2D eigenvalue weighted by Crippen LogP contribution is -2.41. The van der Waals surface area contributed by atoms with E-state index in [1.54, 1.807) is 0 Å². The average molecular weight is 409 g/mol. The molecule has 0 amide bonds. The van der Waals surface area contributed by atoms with Crippen molar-refractivity contribution in [3.05, 3.63) is 83.0 Å². The minimum Gasteiger partial charge on any atom is -0.487 e. The molecular formula is C24H30NO3Si.